The second-order valence-electron chi connectivity index (χ2n) is 4.23. The van der Waals surface area contributed by atoms with Gasteiger partial charge < -0.3 is 10.1 Å². The summed E-state index contributed by atoms with van der Waals surface area (Å²) in [6.07, 6.45) is 1.82. The van der Waals surface area contributed by atoms with Crippen molar-refractivity contribution in [1.82, 2.24) is 5.32 Å². The molecule has 1 rings (SSSR count). The third-order valence-corrected chi connectivity index (χ3v) is 3.38. The largest absolute Gasteiger partial charge is 0.380 e. The van der Waals surface area contributed by atoms with Gasteiger partial charge in [-0.1, -0.05) is 43.1 Å². The maximum absolute atomic E-state index is 6.18. The van der Waals surface area contributed by atoms with E-state index < -0.39 is 0 Å². The van der Waals surface area contributed by atoms with Gasteiger partial charge in [0, 0.05) is 22.7 Å². The number of halogens is 2. The van der Waals surface area contributed by atoms with E-state index in [-0.39, 0.29) is 6.04 Å². The molecule has 0 aliphatic rings. The number of benzene rings is 1. The fourth-order valence-corrected chi connectivity index (χ4v) is 2.37. The fraction of sp³-hybridized carbons (Fsp3) is 0.571. The number of hydrogen-bond acceptors (Lipinski definition) is 2. The van der Waals surface area contributed by atoms with E-state index >= 15 is 0 Å². The molecule has 1 N–H and O–H groups in total. The summed E-state index contributed by atoms with van der Waals surface area (Å²) < 4.78 is 5.60. The fourth-order valence-electron chi connectivity index (χ4n) is 1.82. The number of likely N-dealkylation sites (N-methyl/N-ethyl adjacent to an activating group) is 1. The summed E-state index contributed by atoms with van der Waals surface area (Å²) in [6.45, 7) is 6.57. The molecule has 1 aromatic carbocycles. The van der Waals surface area contributed by atoms with Crippen LogP contribution < -0.4 is 5.32 Å². The minimum Gasteiger partial charge on any atom is -0.380 e. The van der Waals surface area contributed by atoms with Crippen LogP contribution in [0.3, 0.4) is 0 Å². The Morgan fingerprint density at radius 1 is 1.22 bits per heavy atom. The van der Waals surface area contributed by atoms with Crippen LogP contribution in [0.25, 0.3) is 0 Å². The minimum absolute atomic E-state index is 0.249. The molecule has 0 heterocycles. The molecule has 0 aromatic heterocycles. The van der Waals surface area contributed by atoms with E-state index in [1.54, 1.807) is 0 Å². The first-order chi connectivity index (χ1) is 8.69. The summed E-state index contributed by atoms with van der Waals surface area (Å²) >= 11 is 12.4. The highest BCUT2D eigenvalue weighted by molar-refractivity contribution is 6.35. The SMILES string of the molecule is CCCOCC(Cc1c(Cl)cccc1Cl)NCC. The van der Waals surface area contributed by atoms with Crippen molar-refractivity contribution in [3.63, 3.8) is 0 Å². The lowest BCUT2D eigenvalue weighted by atomic mass is 10.1. The van der Waals surface area contributed by atoms with Gasteiger partial charge in [0.2, 0.25) is 0 Å². The maximum atomic E-state index is 6.18. The first kappa shape index (κ1) is 15.8. The van der Waals surface area contributed by atoms with E-state index in [4.69, 9.17) is 27.9 Å². The van der Waals surface area contributed by atoms with Crippen LogP contribution in [0.1, 0.15) is 25.8 Å². The van der Waals surface area contributed by atoms with Crippen LogP contribution in [0, 0.1) is 0 Å². The Bertz CT molecular complexity index is 337. The first-order valence-electron chi connectivity index (χ1n) is 6.43. The summed E-state index contributed by atoms with van der Waals surface area (Å²) in [5, 5.41) is 4.85. The van der Waals surface area contributed by atoms with Gasteiger partial charge in [-0.05, 0) is 37.1 Å². The van der Waals surface area contributed by atoms with E-state index in [9.17, 15) is 0 Å². The molecule has 0 saturated carbocycles. The van der Waals surface area contributed by atoms with Crippen LogP contribution >= 0.6 is 23.2 Å². The maximum Gasteiger partial charge on any atom is 0.0622 e. The average Bonchev–Trinajstić information content (AvgIpc) is 2.34. The van der Waals surface area contributed by atoms with E-state index in [0.717, 1.165) is 41.6 Å². The van der Waals surface area contributed by atoms with Crippen LogP contribution in [-0.4, -0.2) is 25.8 Å². The van der Waals surface area contributed by atoms with E-state index in [2.05, 4.69) is 19.2 Å². The summed E-state index contributed by atoms with van der Waals surface area (Å²) in [5.74, 6) is 0. The number of rotatable bonds is 8. The molecule has 0 aliphatic heterocycles. The van der Waals surface area contributed by atoms with Crippen molar-refractivity contribution in [3.05, 3.63) is 33.8 Å². The Kier molecular flexibility index (Phi) is 7.68. The molecule has 1 atom stereocenters. The lowest BCUT2D eigenvalue weighted by Gasteiger charge is -2.19. The first-order valence-corrected chi connectivity index (χ1v) is 7.18. The Balaban J connectivity index is 2.64. The Hall–Kier alpha value is -0.280. The highest BCUT2D eigenvalue weighted by atomic mass is 35.5. The lowest BCUT2D eigenvalue weighted by Crippen LogP contribution is -2.35. The van der Waals surface area contributed by atoms with Crippen molar-refractivity contribution in [1.29, 1.82) is 0 Å². The number of nitrogens with one attached hydrogen (secondary N) is 1. The molecule has 1 aromatic rings. The summed E-state index contributed by atoms with van der Waals surface area (Å²) in [7, 11) is 0. The molecule has 102 valence electrons. The predicted octanol–water partition coefficient (Wildman–Crippen LogP) is 3.94. The van der Waals surface area contributed by atoms with Crippen molar-refractivity contribution in [2.45, 2.75) is 32.7 Å². The molecule has 4 heteroatoms. The molecule has 0 spiro atoms. The summed E-state index contributed by atoms with van der Waals surface area (Å²) in [4.78, 5) is 0. The van der Waals surface area contributed by atoms with Gasteiger partial charge >= 0.3 is 0 Å². The van der Waals surface area contributed by atoms with Gasteiger partial charge in [-0.2, -0.15) is 0 Å². The van der Waals surface area contributed by atoms with Gasteiger partial charge in [-0.15, -0.1) is 0 Å². The van der Waals surface area contributed by atoms with E-state index in [1.807, 2.05) is 18.2 Å². The molecular formula is C14H21Cl2NO. The van der Waals surface area contributed by atoms with Crippen molar-refractivity contribution in [3.8, 4) is 0 Å². The molecule has 18 heavy (non-hydrogen) atoms. The van der Waals surface area contributed by atoms with Gasteiger partial charge in [-0.3, -0.25) is 0 Å². The van der Waals surface area contributed by atoms with Crippen molar-refractivity contribution in [2.75, 3.05) is 19.8 Å². The van der Waals surface area contributed by atoms with Crippen molar-refractivity contribution < 1.29 is 4.74 Å². The van der Waals surface area contributed by atoms with Gasteiger partial charge in [0.25, 0.3) is 0 Å². The van der Waals surface area contributed by atoms with Gasteiger partial charge in [0.15, 0.2) is 0 Å². The molecule has 1 unspecified atom stereocenters. The summed E-state index contributed by atoms with van der Waals surface area (Å²) in [5.41, 5.74) is 0.992. The summed E-state index contributed by atoms with van der Waals surface area (Å²) in [6, 6.07) is 5.86. The topological polar surface area (TPSA) is 21.3 Å². The molecule has 2 nitrogen and oxygen atoms in total. The Labute approximate surface area is 120 Å². The molecule has 0 amide bonds. The lowest BCUT2D eigenvalue weighted by molar-refractivity contribution is 0.112. The Morgan fingerprint density at radius 2 is 1.89 bits per heavy atom. The van der Waals surface area contributed by atoms with Crippen molar-refractivity contribution in [2.24, 2.45) is 0 Å². The van der Waals surface area contributed by atoms with Crippen molar-refractivity contribution >= 4 is 23.2 Å². The third kappa shape index (κ3) is 5.15. The number of ether oxygens (including phenoxy) is 1. The predicted molar refractivity (Wildman–Crippen MR) is 78.7 cm³/mol. The quantitative estimate of drug-likeness (QED) is 0.732. The molecule has 0 fully saturated rings. The molecule has 0 bridgehead atoms. The van der Waals surface area contributed by atoms with E-state index in [1.165, 1.54) is 0 Å². The monoisotopic (exact) mass is 289 g/mol. The van der Waals surface area contributed by atoms with Crippen LogP contribution in [-0.2, 0) is 11.2 Å². The van der Waals surface area contributed by atoms with Crippen LogP contribution in [0.15, 0.2) is 18.2 Å². The van der Waals surface area contributed by atoms with E-state index in [0.29, 0.717) is 6.61 Å². The molecular weight excluding hydrogens is 269 g/mol. The second kappa shape index (κ2) is 8.76. The average molecular weight is 290 g/mol. The Morgan fingerprint density at radius 3 is 2.44 bits per heavy atom. The van der Waals surface area contributed by atoms with Crippen LogP contribution in [0.5, 0.6) is 0 Å². The second-order valence-corrected chi connectivity index (χ2v) is 5.05. The highest BCUT2D eigenvalue weighted by Crippen LogP contribution is 2.25. The van der Waals surface area contributed by atoms with Crippen LogP contribution in [0.2, 0.25) is 10.0 Å². The smallest absolute Gasteiger partial charge is 0.0622 e. The number of hydrogen-bond donors (Lipinski definition) is 1. The zero-order valence-electron chi connectivity index (χ0n) is 11.0. The van der Waals surface area contributed by atoms with Gasteiger partial charge in [0.1, 0.15) is 0 Å². The standard InChI is InChI=1S/C14H21Cl2NO/c1-3-8-18-10-11(17-4-2)9-12-13(15)6-5-7-14(12)16/h5-7,11,17H,3-4,8-10H2,1-2H3. The van der Waals surface area contributed by atoms with Gasteiger partial charge in [0.05, 0.1) is 6.61 Å². The van der Waals surface area contributed by atoms with Gasteiger partial charge in [-0.25, -0.2) is 0 Å². The molecule has 0 saturated heterocycles. The highest BCUT2D eigenvalue weighted by Gasteiger charge is 2.13. The van der Waals surface area contributed by atoms with Crippen LogP contribution in [0.4, 0.5) is 0 Å². The minimum atomic E-state index is 0.249. The third-order valence-electron chi connectivity index (χ3n) is 2.67. The molecule has 0 aliphatic carbocycles. The zero-order chi connectivity index (χ0) is 13.4. The molecule has 0 radical (unpaired) electrons. The normalized spacial score (nSPS) is 12.7. The zero-order valence-corrected chi connectivity index (χ0v) is 12.5.